The third kappa shape index (κ3) is 58.0. The summed E-state index contributed by atoms with van der Waals surface area (Å²) in [6, 6.07) is -0.537. The smallest absolute Gasteiger partial charge is 0.305 e. The highest BCUT2D eigenvalue weighted by atomic mass is 16.5. The van der Waals surface area contributed by atoms with E-state index < -0.39 is 12.1 Å². The lowest BCUT2D eigenvalue weighted by molar-refractivity contribution is -0.143. The van der Waals surface area contributed by atoms with Gasteiger partial charge >= 0.3 is 5.97 Å². The van der Waals surface area contributed by atoms with Crippen LogP contribution in [0.5, 0.6) is 0 Å². The van der Waals surface area contributed by atoms with E-state index in [-0.39, 0.29) is 18.5 Å². The van der Waals surface area contributed by atoms with Crippen LogP contribution in [0.15, 0.2) is 0 Å². The number of aliphatic hydroxyl groups excluding tert-OH is 2. The number of esters is 1. The highest BCUT2D eigenvalue weighted by Crippen LogP contribution is 2.19. The van der Waals surface area contributed by atoms with E-state index in [1.54, 1.807) is 0 Å². The number of hydrogen-bond donors (Lipinski definition) is 3. The van der Waals surface area contributed by atoms with Crippen molar-refractivity contribution in [3.05, 3.63) is 0 Å². The van der Waals surface area contributed by atoms with Gasteiger partial charge in [0, 0.05) is 12.8 Å². The topological polar surface area (TPSA) is 95.9 Å². The maximum atomic E-state index is 12.5. The molecule has 2 atom stereocenters. The van der Waals surface area contributed by atoms with Crippen LogP contribution in [0.2, 0.25) is 0 Å². The van der Waals surface area contributed by atoms with Crippen molar-refractivity contribution in [2.75, 3.05) is 13.2 Å². The van der Waals surface area contributed by atoms with Crippen LogP contribution in [-0.4, -0.2) is 47.4 Å². The number of carbonyl (C=O) groups excluding carboxylic acids is 2. The van der Waals surface area contributed by atoms with Crippen molar-refractivity contribution in [2.45, 2.75) is 392 Å². The molecular formula is C65H129NO5. The van der Waals surface area contributed by atoms with Crippen LogP contribution in [-0.2, 0) is 14.3 Å². The van der Waals surface area contributed by atoms with Gasteiger partial charge in [0.15, 0.2) is 0 Å². The molecule has 0 rings (SSSR count). The van der Waals surface area contributed by atoms with Crippen LogP contribution in [0.3, 0.4) is 0 Å². The fourth-order valence-corrected chi connectivity index (χ4v) is 10.6. The van der Waals surface area contributed by atoms with Gasteiger partial charge in [0.2, 0.25) is 5.91 Å². The summed E-state index contributed by atoms with van der Waals surface area (Å²) in [6.07, 6.45) is 72.8. The molecule has 0 aliphatic heterocycles. The minimum Gasteiger partial charge on any atom is -0.466 e. The maximum absolute atomic E-state index is 12.5. The largest absolute Gasteiger partial charge is 0.466 e. The van der Waals surface area contributed by atoms with E-state index in [4.69, 9.17) is 4.74 Å². The maximum Gasteiger partial charge on any atom is 0.305 e. The summed E-state index contributed by atoms with van der Waals surface area (Å²) in [5.74, 6) is -0.00902. The fraction of sp³-hybridized carbons (Fsp3) is 0.969. The van der Waals surface area contributed by atoms with Crippen molar-refractivity contribution < 1.29 is 24.5 Å². The molecule has 71 heavy (non-hydrogen) atoms. The lowest BCUT2D eigenvalue weighted by Gasteiger charge is -2.22. The Bertz CT molecular complexity index is 1020. The lowest BCUT2D eigenvalue weighted by atomic mass is 10.0. The normalized spacial score (nSPS) is 12.5. The standard InChI is InChI=1S/C65H129NO5/c1-3-5-7-9-11-13-15-16-31-34-38-41-45-49-53-57-63(68)62(61-67)66-64(69)58-54-50-46-42-39-35-32-29-27-25-23-21-19-17-18-20-22-24-26-28-30-33-36-40-44-48-52-56-60-71-65(70)59-55-51-47-43-37-14-12-10-8-6-4-2/h62-63,67-68H,3-61H2,1-2H3,(H,66,69). The second kappa shape index (κ2) is 61.4. The summed E-state index contributed by atoms with van der Waals surface area (Å²) in [6.45, 7) is 4.99. The van der Waals surface area contributed by atoms with Crippen LogP contribution in [0.4, 0.5) is 0 Å². The van der Waals surface area contributed by atoms with Crippen LogP contribution < -0.4 is 5.32 Å². The van der Waals surface area contributed by atoms with Crippen LogP contribution in [0, 0.1) is 0 Å². The van der Waals surface area contributed by atoms with Gasteiger partial charge in [-0.25, -0.2) is 0 Å². The number of amides is 1. The Hall–Kier alpha value is -1.14. The van der Waals surface area contributed by atoms with Gasteiger partial charge in [-0.3, -0.25) is 9.59 Å². The molecule has 0 aliphatic carbocycles. The van der Waals surface area contributed by atoms with Crippen molar-refractivity contribution in [1.29, 1.82) is 0 Å². The van der Waals surface area contributed by atoms with Crippen molar-refractivity contribution in [3.63, 3.8) is 0 Å². The zero-order valence-electron chi connectivity index (χ0n) is 48.5. The average molecular weight is 1000 g/mol. The van der Waals surface area contributed by atoms with Gasteiger partial charge in [-0.2, -0.15) is 0 Å². The second-order valence-electron chi connectivity index (χ2n) is 22.8. The third-order valence-electron chi connectivity index (χ3n) is 15.7. The van der Waals surface area contributed by atoms with Gasteiger partial charge in [0.25, 0.3) is 0 Å². The van der Waals surface area contributed by atoms with E-state index in [0.29, 0.717) is 25.9 Å². The summed E-state index contributed by atoms with van der Waals surface area (Å²) in [4.78, 5) is 24.5. The third-order valence-corrected chi connectivity index (χ3v) is 15.7. The molecule has 0 bridgehead atoms. The van der Waals surface area contributed by atoms with E-state index in [9.17, 15) is 19.8 Å². The second-order valence-corrected chi connectivity index (χ2v) is 22.8. The lowest BCUT2D eigenvalue weighted by Crippen LogP contribution is -2.45. The quantitative estimate of drug-likeness (QED) is 0.0417. The van der Waals surface area contributed by atoms with Gasteiger partial charge in [0.05, 0.1) is 25.4 Å². The van der Waals surface area contributed by atoms with E-state index >= 15 is 0 Å². The number of hydrogen-bond acceptors (Lipinski definition) is 5. The number of aliphatic hydroxyl groups is 2. The first kappa shape index (κ1) is 69.9. The summed E-state index contributed by atoms with van der Waals surface area (Å²) >= 11 is 0. The first-order valence-electron chi connectivity index (χ1n) is 32.8. The Kier molecular flexibility index (Phi) is 60.4. The van der Waals surface area contributed by atoms with Gasteiger partial charge in [-0.15, -0.1) is 0 Å². The van der Waals surface area contributed by atoms with E-state index in [1.807, 2.05) is 0 Å². The molecule has 0 saturated carbocycles. The molecule has 6 heteroatoms. The molecule has 0 aromatic heterocycles. The number of rotatable bonds is 62. The van der Waals surface area contributed by atoms with E-state index in [0.717, 1.165) is 38.5 Å². The van der Waals surface area contributed by atoms with Gasteiger partial charge < -0.3 is 20.3 Å². The Balaban J connectivity index is 3.33. The molecular weight excluding hydrogens is 875 g/mol. The Morgan fingerprint density at radius 2 is 0.577 bits per heavy atom. The molecule has 1 amide bonds. The molecule has 0 fully saturated rings. The predicted octanol–water partition coefficient (Wildman–Crippen LogP) is 20.6. The molecule has 0 spiro atoms. The summed E-state index contributed by atoms with van der Waals surface area (Å²) < 4.78 is 5.47. The van der Waals surface area contributed by atoms with Gasteiger partial charge in [0.1, 0.15) is 0 Å². The van der Waals surface area contributed by atoms with E-state index in [1.165, 1.54) is 308 Å². The van der Waals surface area contributed by atoms with E-state index in [2.05, 4.69) is 19.2 Å². The molecule has 0 heterocycles. The highest BCUT2D eigenvalue weighted by molar-refractivity contribution is 5.76. The van der Waals surface area contributed by atoms with Gasteiger partial charge in [-0.05, 0) is 25.7 Å². The van der Waals surface area contributed by atoms with Crippen LogP contribution in [0.1, 0.15) is 380 Å². The Labute approximate surface area is 445 Å². The monoisotopic (exact) mass is 1000 g/mol. The first-order valence-corrected chi connectivity index (χ1v) is 32.8. The molecule has 0 saturated heterocycles. The molecule has 0 aromatic carbocycles. The minimum atomic E-state index is -0.660. The molecule has 2 unspecified atom stereocenters. The van der Waals surface area contributed by atoms with Gasteiger partial charge in [-0.1, -0.05) is 341 Å². The average Bonchev–Trinajstić information content (AvgIpc) is 3.37. The fourth-order valence-electron chi connectivity index (χ4n) is 10.6. The number of carbonyl (C=O) groups is 2. The Morgan fingerprint density at radius 1 is 0.338 bits per heavy atom. The zero-order valence-corrected chi connectivity index (χ0v) is 48.5. The predicted molar refractivity (Wildman–Crippen MR) is 310 cm³/mol. The highest BCUT2D eigenvalue weighted by Gasteiger charge is 2.20. The SMILES string of the molecule is CCCCCCCCCCCCCCCCCC(O)C(CO)NC(=O)CCCCCCCCCCCCCCCCCCCCCCCCCCCCCCOC(=O)CCCCCCCCCCCCC. The summed E-state index contributed by atoms with van der Waals surface area (Å²) in [5.41, 5.74) is 0. The zero-order chi connectivity index (χ0) is 51.4. The molecule has 0 radical (unpaired) electrons. The Morgan fingerprint density at radius 3 is 0.859 bits per heavy atom. The minimum absolute atomic E-state index is 0.0194. The first-order chi connectivity index (χ1) is 35.0. The van der Waals surface area contributed by atoms with Crippen molar-refractivity contribution >= 4 is 11.9 Å². The van der Waals surface area contributed by atoms with Crippen LogP contribution >= 0.6 is 0 Å². The summed E-state index contributed by atoms with van der Waals surface area (Å²) in [7, 11) is 0. The van der Waals surface area contributed by atoms with Crippen molar-refractivity contribution in [2.24, 2.45) is 0 Å². The summed E-state index contributed by atoms with van der Waals surface area (Å²) in [5, 5.41) is 23.3. The molecule has 424 valence electrons. The van der Waals surface area contributed by atoms with Crippen molar-refractivity contribution in [3.8, 4) is 0 Å². The van der Waals surface area contributed by atoms with Crippen LogP contribution in [0.25, 0.3) is 0 Å². The molecule has 3 N–H and O–H groups in total. The molecule has 6 nitrogen and oxygen atoms in total. The molecule has 0 aliphatic rings. The number of ether oxygens (including phenoxy) is 1. The number of unbranched alkanes of at least 4 members (excludes halogenated alkanes) is 51. The molecule has 0 aromatic rings. The number of nitrogens with one attached hydrogen (secondary N) is 1. The van der Waals surface area contributed by atoms with Crippen molar-refractivity contribution in [1.82, 2.24) is 5.32 Å².